The fraction of sp³-hybridized carbons (Fsp3) is 0.350. The fourth-order valence-corrected chi connectivity index (χ4v) is 2.67. The van der Waals surface area contributed by atoms with Crippen LogP contribution in [-0.4, -0.2) is 49.9 Å². The topological polar surface area (TPSA) is 35.6 Å². The highest BCUT2D eigenvalue weighted by atomic mass is 16.2. The zero-order chi connectivity index (χ0) is 17.4. The summed E-state index contributed by atoms with van der Waals surface area (Å²) in [5.41, 5.74) is 3.19. The summed E-state index contributed by atoms with van der Waals surface area (Å²) in [6, 6.07) is 18.3. The number of carbonyl (C=O) groups excluding carboxylic acids is 1. The Morgan fingerprint density at radius 1 is 0.958 bits per heavy atom. The molecule has 0 radical (unpaired) electrons. The van der Waals surface area contributed by atoms with Crippen LogP contribution in [0.25, 0.3) is 0 Å². The van der Waals surface area contributed by atoms with E-state index in [-0.39, 0.29) is 5.91 Å². The Balaban J connectivity index is 1.98. The first-order valence-electron chi connectivity index (χ1n) is 8.31. The Bertz CT molecular complexity index is 642. The minimum Gasteiger partial charge on any atom is -0.340 e. The molecule has 1 amide bonds. The summed E-state index contributed by atoms with van der Waals surface area (Å²) in [6.07, 6.45) is 0. The number of likely N-dealkylation sites (N-methyl/N-ethyl adjacent to an activating group) is 2. The lowest BCUT2D eigenvalue weighted by atomic mass is 10.1. The number of nitrogens with zero attached hydrogens (tertiary/aromatic N) is 2. The van der Waals surface area contributed by atoms with E-state index in [1.807, 2.05) is 38.4 Å². The molecule has 24 heavy (non-hydrogen) atoms. The lowest BCUT2D eigenvalue weighted by Crippen LogP contribution is -2.32. The van der Waals surface area contributed by atoms with Gasteiger partial charge in [-0.25, -0.2) is 0 Å². The predicted octanol–water partition coefficient (Wildman–Crippen LogP) is 2.61. The number of hydrogen-bond donors (Lipinski definition) is 1. The van der Waals surface area contributed by atoms with E-state index in [1.54, 1.807) is 4.90 Å². The summed E-state index contributed by atoms with van der Waals surface area (Å²) in [7, 11) is 5.83. The van der Waals surface area contributed by atoms with Crippen LogP contribution < -0.4 is 5.32 Å². The molecule has 4 heteroatoms. The molecule has 0 unspecified atom stereocenters. The van der Waals surface area contributed by atoms with E-state index in [4.69, 9.17) is 0 Å². The van der Waals surface area contributed by atoms with Gasteiger partial charge in [-0.15, -0.1) is 0 Å². The van der Waals surface area contributed by atoms with Crippen molar-refractivity contribution >= 4 is 5.91 Å². The van der Waals surface area contributed by atoms with Gasteiger partial charge in [0.05, 0.1) is 0 Å². The third-order valence-electron chi connectivity index (χ3n) is 3.97. The molecule has 0 heterocycles. The van der Waals surface area contributed by atoms with Crippen LogP contribution >= 0.6 is 0 Å². The van der Waals surface area contributed by atoms with E-state index in [0.717, 1.165) is 30.8 Å². The van der Waals surface area contributed by atoms with Crippen molar-refractivity contribution in [3.63, 3.8) is 0 Å². The maximum Gasteiger partial charge on any atom is 0.253 e. The first-order chi connectivity index (χ1) is 11.6. The Hall–Kier alpha value is -2.17. The Kier molecular flexibility index (Phi) is 6.97. The molecule has 0 aliphatic carbocycles. The molecule has 0 atom stereocenters. The molecule has 2 rings (SSSR count). The highest BCUT2D eigenvalue weighted by Crippen LogP contribution is 2.12. The molecular formula is C20H27N3O. The summed E-state index contributed by atoms with van der Waals surface area (Å²) >= 11 is 0. The number of rotatable bonds is 8. The summed E-state index contributed by atoms with van der Waals surface area (Å²) < 4.78 is 0. The van der Waals surface area contributed by atoms with Gasteiger partial charge in [-0.1, -0.05) is 42.5 Å². The van der Waals surface area contributed by atoms with Crippen molar-refractivity contribution in [2.45, 2.75) is 13.1 Å². The number of hydrogen-bond acceptors (Lipinski definition) is 3. The molecule has 0 spiro atoms. The molecule has 0 aromatic heterocycles. The summed E-state index contributed by atoms with van der Waals surface area (Å²) in [6.45, 7) is 3.20. The standard InChI is InChI=1S/C20H27N3O/c1-21-12-13-23(3)20(24)19-11-7-10-18(14-19)16-22(2)15-17-8-5-4-6-9-17/h4-11,14,21H,12-13,15-16H2,1-3H3. The van der Waals surface area contributed by atoms with Gasteiger partial charge in [0, 0.05) is 38.8 Å². The SMILES string of the molecule is CNCCN(C)C(=O)c1cccc(CN(C)Cc2ccccc2)c1. The smallest absolute Gasteiger partial charge is 0.253 e. The maximum absolute atomic E-state index is 12.5. The van der Waals surface area contributed by atoms with Crippen LogP contribution in [0.15, 0.2) is 54.6 Å². The first kappa shape index (κ1) is 18.2. The van der Waals surface area contributed by atoms with Gasteiger partial charge < -0.3 is 10.2 Å². The second-order valence-corrected chi connectivity index (χ2v) is 6.19. The monoisotopic (exact) mass is 325 g/mol. The van der Waals surface area contributed by atoms with Crippen molar-refractivity contribution in [1.82, 2.24) is 15.1 Å². The van der Waals surface area contributed by atoms with Crippen molar-refractivity contribution in [2.24, 2.45) is 0 Å². The van der Waals surface area contributed by atoms with Gasteiger partial charge in [-0.3, -0.25) is 9.69 Å². The van der Waals surface area contributed by atoms with Crippen molar-refractivity contribution in [2.75, 3.05) is 34.2 Å². The largest absolute Gasteiger partial charge is 0.340 e. The van der Waals surface area contributed by atoms with Crippen LogP contribution in [0.4, 0.5) is 0 Å². The third-order valence-corrected chi connectivity index (χ3v) is 3.97. The first-order valence-corrected chi connectivity index (χ1v) is 8.31. The molecule has 0 aliphatic heterocycles. The van der Waals surface area contributed by atoms with E-state index < -0.39 is 0 Å². The summed E-state index contributed by atoms with van der Waals surface area (Å²) in [5.74, 6) is 0.0674. The molecular weight excluding hydrogens is 298 g/mol. The minimum absolute atomic E-state index is 0.0674. The number of benzene rings is 2. The Morgan fingerprint density at radius 2 is 1.62 bits per heavy atom. The molecule has 1 N–H and O–H groups in total. The molecule has 0 saturated heterocycles. The van der Waals surface area contributed by atoms with Gasteiger partial charge >= 0.3 is 0 Å². The molecule has 4 nitrogen and oxygen atoms in total. The van der Waals surface area contributed by atoms with Crippen molar-refractivity contribution in [3.8, 4) is 0 Å². The van der Waals surface area contributed by atoms with Gasteiger partial charge in [0.25, 0.3) is 5.91 Å². The third kappa shape index (κ3) is 5.48. The maximum atomic E-state index is 12.5. The molecule has 0 aliphatic rings. The van der Waals surface area contributed by atoms with E-state index in [2.05, 4.69) is 47.6 Å². The van der Waals surface area contributed by atoms with Crippen LogP contribution in [0.1, 0.15) is 21.5 Å². The molecule has 2 aromatic carbocycles. The van der Waals surface area contributed by atoms with Crippen LogP contribution in [0, 0.1) is 0 Å². The van der Waals surface area contributed by atoms with Crippen LogP contribution in [-0.2, 0) is 13.1 Å². The van der Waals surface area contributed by atoms with E-state index in [1.165, 1.54) is 5.56 Å². The zero-order valence-electron chi connectivity index (χ0n) is 14.8. The Morgan fingerprint density at radius 3 is 2.33 bits per heavy atom. The van der Waals surface area contributed by atoms with Gasteiger partial charge in [0.2, 0.25) is 0 Å². The number of carbonyl (C=O) groups is 1. The Labute approximate surface area is 145 Å². The molecule has 0 fully saturated rings. The second-order valence-electron chi connectivity index (χ2n) is 6.19. The molecule has 128 valence electrons. The zero-order valence-corrected chi connectivity index (χ0v) is 14.8. The highest BCUT2D eigenvalue weighted by Gasteiger charge is 2.12. The normalized spacial score (nSPS) is 10.8. The second kappa shape index (κ2) is 9.21. The fourth-order valence-electron chi connectivity index (χ4n) is 2.67. The van der Waals surface area contributed by atoms with E-state index >= 15 is 0 Å². The van der Waals surface area contributed by atoms with E-state index in [0.29, 0.717) is 6.54 Å². The highest BCUT2D eigenvalue weighted by molar-refractivity contribution is 5.94. The molecule has 2 aromatic rings. The lowest BCUT2D eigenvalue weighted by molar-refractivity contribution is 0.0796. The number of amides is 1. The summed E-state index contributed by atoms with van der Waals surface area (Å²) in [4.78, 5) is 16.5. The molecule has 0 saturated carbocycles. The van der Waals surface area contributed by atoms with Crippen LogP contribution in [0.5, 0.6) is 0 Å². The van der Waals surface area contributed by atoms with Crippen LogP contribution in [0.3, 0.4) is 0 Å². The van der Waals surface area contributed by atoms with Gasteiger partial charge in [0.1, 0.15) is 0 Å². The van der Waals surface area contributed by atoms with Gasteiger partial charge in [-0.2, -0.15) is 0 Å². The lowest BCUT2D eigenvalue weighted by Gasteiger charge is -2.19. The predicted molar refractivity (Wildman–Crippen MR) is 98.9 cm³/mol. The summed E-state index contributed by atoms with van der Waals surface area (Å²) in [5, 5.41) is 3.07. The van der Waals surface area contributed by atoms with Crippen molar-refractivity contribution in [1.29, 1.82) is 0 Å². The van der Waals surface area contributed by atoms with Crippen molar-refractivity contribution in [3.05, 3.63) is 71.3 Å². The van der Waals surface area contributed by atoms with Crippen LogP contribution in [0.2, 0.25) is 0 Å². The average molecular weight is 325 g/mol. The quantitative estimate of drug-likeness (QED) is 0.810. The van der Waals surface area contributed by atoms with Crippen molar-refractivity contribution < 1.29 is 4.79 Å². The van der Waals surface area contributed by atoms with Gasteiger partial charge in [0.15, 0.2) is 0 Å². The van der Waals surface area contributed by atoms with Gasteiger partial charge in [-0.05, 0) is 37.4 Å². The molecule has 0 bridgehead atoms. The number of nitrogens with one attached hydrogen (secondary N) is 1. The van der Waals surface area contributed by atoms with E-state index in [9.17, 15) is 4.79 Å². The average Bonchev–Trinajstić information content (AvgIpc) is 2.60. The minimum atomic E-state index is 0.0674.